The van der Waals surface area contributed by atoms with Crippen LogP contribution in [0.3, 0.4) is 0 Å². The highest BCUT2D eigenvalue weighted by Gasteiger charge is 2.33. The smallest absolute Gasteiger partial charge is 0.410 e. The second-order valence-electron chi connectivity index (χ2n) is 6.30. The summed E-state index contributed by atoms with van der Waals surface area (Å²) in [6, 6.07) is 6.17. The van der Waals surface area contributed by atoms with Crippen LogP contribution in [0.5, 0.6) is 0 Å². The number of nitrogen functional groups attached to an aromatic ring is 1. The molecule has 1 aromatic carbocycles. The molecule has 1 heterocycles. The van der Waals surface area contributed by atoms with Crippen molar-refractivity contribution in [2.75, 3.05) is 24.1 Å². The average Bonchev–Trinajstić information content (AvgIpc) is 2.25. The van der Waals surface area contributed by atoms with Gasteiger partial charge in [0.1, 0.15) is 5.60 Å². The SMILES string of the molecule is Cc1ccc(NC2CN(C(=O)OC(C)(C)C)C2)cc1N. The molecule has 1 amide bonds. The van der Waals surface area contributed by atoms with E-state index in [1.165, 1.54) is 0 Å². The lowest BCUT2D eigenvalue weighted by atomic mass is 10.1. The van der Waals surface area contributed by atoms with Crippen molar-refractivity contribution in [3.8, 4) is 0 Å². The molecular formula is C15H23N3O2. The summed E-state index contributed by atoms with van der Waals surface area (Å²) in [5.41, 5.74) is 8.27. The highest BCUT2D eigenvalue weighted by Crippen LogP contribution is 2.21. The van der Waals surface area contributed by atoms with Gasteiger partial charge in [-0.1, -0.05) is 6.07 Å². The number of ether oxygens (including phenoxy) is 1. The molecule has 0 bridgehead atoms. The van der Waals surface area contributed by atoms with Crippen LogP contribution < -0.4 is 11.1 Å². The van der Waals surface area contributed by atoms with Crippen LogP contribution in [-0.4, -0.2) is 35.7 Å². The molecule has 20 heavy (non-hydrogen) atoms. The number of nitrogens with two attached hydrogens (primary N) is 1. The molecule has 0 atom stereocenters. The summed E-state index contributed by atoms with van der Waals surface area (Å²) in [6.07, 6.45) is -0.251. The zero-order valence-corrected chi connectivity index (χ0v) is 12.6. The minimum absolute atomic E-state index is 0.251. The van der Waals surface area contributed by atoms with Crippen molar-refractivity contribution in [2.45, 2.75) is 39.3 Å². The molecule has 110 valence electrons. The summed E-state index contributed by atoms with van der Waals surface area (Å²) in [5, 5.41) is 3.36. The second-order valence-corrected chi connectivity index (χ2v) is 6.30. The molecular weight excluding hydrogens is 254 g/mol. The van der Waals surface area contributed by atoms with E-state index >= 15 is 0 Å². The quantitative estimate of drug-likeness (QED) is 0.815. The van der Waals surface area contributed by atoms with Crippen molar-refractivity contribution in [1.29, 1.82) is 0 Å². The zero-order valence-electron chi connectivity index (χ0n) is 12.6. The van der Waals surface area contributed by atoms with Crippen LogP contribution in [0.15, 0.2) is 18.2 Å². The Balaban J connectivity index is 1.82. The normalized spacial score (nSPS) is 15.7. The van der Waals surface area contributed by atoms with Crippen molar-refractivity contribution >= 4 is 17.5 Å². The summed E-state index contributed by atoms with van der Waals surface area (Å²) < 4.78 is 5.31. The largest absolute Gasteiger partial charge is 0.444 e. The number of anilines is 2. The lowest BCUT2D eigenvalue weighted by Crippen LogP contribution is -2.57. The molecule has 0 radical (unpaired) electrons. The first-order valence-corrected chi connectivity index (χ1v) is 6.85. The number of hydrogen-bond acceptors (Lipinski definition) is 4. The fourth-order valence-corrected chi connectivity index (χ4v) is 2.01. The molecule has 1 aliphatic rings. The second kappa shape index (κ2) is 5.23. The van der Waals surface area contributed by atoms with Gasteiger partial charge < -0.3 is 20.7 Å². The first-order chi connectivity index (χ1) is 9.24. The van der Waals surface area contributed by atoms with Gasteiger partial charge in [0.2, 0.25) is 0 Å². The van der Waals surface area contributed by atoms with Gasteiger partial charge in [0.05, 0.1) is 6.04 Å². The van der Waals surface area contributed by atoms with E-state index in [9.17, 15) is 4.79 Å². The Kier molecular flexibility index (Phi) is 3.79. The van der Waals surface area contributed by atoms with Gasteiger partial charge in [0.15, 0.2) is 0 Å². The fraction of sp³-hybridized carbons (Fsp3) is 0.533. The topological polar surface area (TPSA) is 67.6 Å². The number of carbonyl (C=O) groups is 1. The van der Waals surface area contributed by atoms with Gasteiger partial charge in [-0.3, -0.25) is 0 Å². The van der Waals surface area contributed by atoms with Gasteiger partial charge in [-0.05, 0) is 45.4 Å². The van der Waals surface area contributed by atoms with Crippen LogP contribution in [0.1, 0.15) is 26.3 Å². The van der Waals surface area contributed by atoms with Crippen LogP contribution in [0.25, 0.3) is 0 Å². The third-order valence-corrected chi connectivity index (χ3v) is 3.18. The fourth-order valence-electron chi connectivity index (χ4n) is 2.01. The van der Waals surface area contributed by atoms with E-state index in [1.807, 2.05) is 45.9 Å². The minimum Gasteiger partial charge on any atom is -0.444 e. The monoisotopic (exact) mass is 277 g/mol. The summed E-state index contributed by atoms with van der Waals surface area (Å²) in [7, 11) is 0. The number of aryl methyl sites for hydroxylation is 1. The Morgan fingerprint density at radius 2 is 2.05 bits per heavy atom. The van der Waals surface area contributed by atoms with Gasteiger partial charge >= 0.3 is 6.09 Å². The highest BCUT2D eigenvalue weighted by atomic mass is 16.6. The number of hydrogen-bond donors (Lipinski definition) is 2. The highest BCUT2D eigenvalue weighted by molar-refractivity contribution is 5.70. The van der Waals surface area contributed by atoms with E-state index in [4.69, 9.17) is 10.5 Å². The molecule has 0 spiro atoms. The summed E-state index contributed by atoms with van der Waals surface area (Å²) in [5.74, 6) is 0. The average molecular weight is 277 g/mol. The molecule has 1 fully saturated rings. The first-order valence-electron chi connectivity index (χ1n) is 6.85. The van der Waals surface area contributed by atoms with Gasteiger partial charge in [-0.25, -0.2) is 4.79 Å². The van der Waals surface area contributed by atoms with Crippen molar-refractivity contribution in [3.05, 3.63) is 23.8 Å². The molecule has 2 rings (SSSR count). The Bertz CT molecular complexity index is 502. The van der Waals surface area contributed by atoms with Crippen LogP contribution in [0.2, 0.25) is 0 Å². The zero-order chi connectivity index (χ0) is 14.9. The number of likely N-dealkylation sites (tertiary alicyclic amines) is 1. The minimum atomic E-state index is -0.443. The molecule has 0 saturated carbocycles. The molecule has 0 aliphatic carbocycles. The third kappa shape index (κ3) is 3.56. The van der Waals surface area contributed by atoms with E-state index < -0.39 is 5.60 Å². The molecule has 1 aliphatic heterocycles. The number of benzene rings is 1. The van der Waals surface area contributed by atoms with Crippen LogP contribution in [0, 0.1) is 6.92 Å². The number of rotatable bonds is 2. The lowest BCUT2D eigenvalue weighted by Gasteiger charge is -2.40. The number of nitrogens with one attached hydrogen (secondary N) is 1. The first kappa shape index (κ1) is 14.5. The predicted molar refractivity (Wildman–Crippen MR) is 80.8 cm³/mol. The van der Waals surface area contributed by atoms with E-state index in [2.05, 4.69) is 5.32 Å². The van der Waals surface area contributed by atoms with Crippen LogP contribution in [0.4, 0.5) is 16.2 Å². The van der Waals surface area contributed by atoms with Crippen LogP contribution >= 0.6 is 0 Å². The maximum absolute atomic E-state index is 11.8. The van der Waals surface area contributed by atoms with Gasteiger partial charge in [0, 0.05) is 24.5 Å². The standard InChI is InChI=1S/C15H23N3O2/c1-10-5-6-11(7-13(10)16)17-12-8-18(9-12)14(19)20-15(2,3)4/h5-7,12,17H,8-9,16H2,1-4H3. The third-order valence-electron chi connectivity index (χ3n) is 3.18. The van der Waals surface area contributed by atoms with Gasteiger partial charge in [-0.2, -0.15) is 0 Å². The molecule has 5 heteroatoms. The van der Waals surface area contributed by atoms with Crippen molar-refractivity contribution < 1.29 is 9.53 Å². The van der Waals surface area contributed by atoms with Crippen molar-refractivity contribution in [3.63, 3.8) is 0 Å². The molecule has 0 unspecified atom stereocenters. The van der Waals surface area contributed by atoms with Crippen LogP contribution in [-0.2, 0) is 4.74 Å². The Labute approximate surface area is 120 Å². The Morgan fingerprint density at radius 1 is 1.40 bits per heavy atom. The predicted octanol–water partition coefficient (Wildman–Crippen LogP) is 2.61. The van der Waals surface area contributed by atoms with Gasteiger partial charge in [-0.15, -0.1) is 0 Å². The Hall–Kier alpha value is -1.91. The summed E-state index contributed by atoms with van der Waals surface area (Å²) >= 11 is 0. The maximum atomic E-state index is 11.8. The Morgan fingerprint density at radius 3 is 2.60 bits per heavy atom. The van der Waals surface area contributed by atoms with E-state index in [0.717, 1.165) is 16.9 Å². The number of amides is 1. The summed E-state index contributed by atoms with van der Waals surface area (Å²) in [6.45, 7) is 8.90. The number of nitrogens with zero attached hydrogens (tertiary/aromatic N) is 1. The van der Waals surface area contributed by atoms with E-state index in [-0.39, 0.29) is 12.1 Å². The van der Waals surface area contributed by atoms with E-state index in [0.29, 0.717) is 13.1 Å². The number of carbonyl (C=O) groups excluding carboxylic acids is 1. The van der Waals surface area contributed by atoms with Gasteiger partial charge in [0.25, 0.3) is 0 Å². The summed E-state index contributed by atoms with van der Waals surface area (Å²) in [4.78, 5) is 13.5. The molecule has 5 nitrogen and oxygen atoms in total. The molecule has 3 N–H and O–H groups in total. The van der Waals surface area contributed by atoms with Crippen molar-refractivity contribution in [2.24, 2.45) is 0 Å². The van der Waals surface area contributed by atoms with Crippen molar-refractivity contribution in [1.82, 2.24) is 4.90 Å². The molecule has 1 saturated heterocycles. The maximum Gasteiger partial charge on any atom is 0.410 e. The molecule has 1 aromatic rings. The van der Waals surface area contributed by atoms with E-state index in [1.54, 1.807) is 4.90 Å². The molecule has 0 aromatic heterocycles. The lowest BCUT2D eigenvalue weighted by molar-refractivity contribution is 0.0105.